The molecular formula is C20H18N2O4. The Kier molecular flexibility index (Phi) is 3.64. The van der Waals surface area contributed by atoms with Crippen molar-refractivity contribution in [1.82, 2.24) is 10.2 Å². The van der Waals surface area contributed by atoms with E-state index in [-0.39, 0.29) is 13.4 Å². The Hall–Kier alpha value is -2.86. The van der Waals surface area contributed by atoms with Gasteiger partial charge in [0.1, 0.15) is 0 Å². The van der Waals surface area contributed by atoms with Crippen molar-refractivity contribution in [3.63, 3.8) is 0 Å². The van der Waals surface area contributed by atoms with Gasteiger partial charge in [-0.3, -0.25) is 0 Å². The highest BCUT2D eigenvalue weighted by atomic mass is 16.7. The second kappa shape index (κ2) is 6.14. The molecule has 0 spiro atoms. The largest absolute Gasteiger partial charge is 0.454 e. The number of aliphatic hydroxyl groups excluding tert-OH is 1. The van der Waals surface area contributed by atoms with Crippen LogP contribution in [0.15, 0.2) is 40.8 Å². The molecule has 0 saturated heterocycles. The molecule has 1 aromatic heterocycles. The minimum atomic E-state index is 0.234. The van der Waals surface area contributed by atoms with Crippen molar-refractivity contribution in [1.29, 1.82) is 0 Å². The van der Waals surface area contributed by atoms with Crippen molar-refractivity contribution in [2.75, 3.05) is 13.4 Å². The fraction of sp³-hybridized carbons (Fsp3) is 0.300. The maximum Gasteiger partial charge on any atom is 0.248 e. The van der Waals surface area contributed by atoms with Gasteiger partial charge in [-0.15, -0.1) is 10.2 Å². The Balaban J connectivity index is 1.45. The summed E-state index contributed by atoms with van der Waals surface area (Å²) < 4.78 is 16.6. The van der Waals surface area contributed by atoms with Crippen LogP contribution in [0.25, 0.3) is 22.9 Å². The lowest BCUT2D eigenvalue weighted by Crippen LogP contribution is -2.17. The first-order chi connectivity index (χ1) is 12.8. The SMILES string of the molecule is OC[C@@H]1CCc2ccc(-c3nnc(-c4ccc5c(c4)OCO5)o3)cc2C1. The van der Waals surface area contributed by atoms with Crippen LogP contribution in [0, 0.1) is 5.92 Å². The van der Waals surface area contributed by atoms with Crippen LogP contribution in [-0.2, 0) is 12.8 Å². The molecule has 1 atom stereocenters. The standard InChI is InChI=1S/C20H18N2O4/c23-10-12-1-2-13-3-4-14(8-16(13)7-12)19-21-22-20(26-19)15-5-6-17-18(9-15)25-11-24-17/h3-6,8-9,12,23H,1-2,7,10-11H2/t12-/m1/s1. The molecule has 0 saturated carbocycles. The van der Waals surface area contributed by atoms with Gasteiger partial charge in [0.2, 0.25) is 18.6 Å². The zero-order valence-electron chi connectivity index (χ0n) is 14.1. The predicted octanol–water partition coefficient (Wildman–Crippen LogP) is 3.23. The van der Waals surface area contributed by atoms with E-state index in [4.69, 9.17) is 13.9 Å². The van der Waals surface area contributed by atoms with Gasteiger partial charge in [0, 0.05) is 17.7 Å². The molecule has 3 aromatic rings. The number of aryl methyl sites for hydroxylation is 1. The highest BCUT2D eigenvalue weighted by molar-refractivity contribution is 5.63. The monoisotopic (exact) mass is 350 g/mol. The lowest BCUT2D eigenvalue weighted by molar-refractivity contribution is 0.174. The summed E-state index contributed by atoms with van der Waals surface area (Å²) in [7, 11) is 0. The van der Waals surface area contributed by atoms with Crippen molar-refractivity contribution in [2.45, 2.75) is 19.3 Å². The van der Waals surface area contributed by atoms with Crippen molar-refractivity contribution in [3.8, 4) is 34.4 Å². The molecule has 5 rings (SSSR count). The summed E-state index contributed by atoms with van der Waals surface area (Å²) in [5, 5.41) is 17.8. The molecule has 2 heterocycles. The van der Waals surface area contributed by atoms with Crippen molar-refractivity contribution >= 4 is 0 Å². The Labute approximate surface area is 150 Å². The van der Waals surface area contributed by atoms with Gasteiger partial charge in [0.05, 0.1) is 0 Å². The number of aromatic nitrogens is 2. The maximum absolute atomic E-state index is 9.44. The molecule has 0 radical (unpaired) electrons. The maximum atomic E-state index is 9.44. The van der Waals surface area contributed by atoms with Gasteiger partial charge in [-0.25, -0.2) is 0 Å². The topological polar surface area (TPSA) is 77.6 Å². The van der Waals surface area contributed by atoms with E-state index >= 15 is 0 Å². The van der Waals surface area contributed by atoms with Gasteiger partial charge in [0.15, 0.2) is 11.5 Å². The lowest BCUT2D eigenvalue weighted by atomic mass is 9.83. The Morgan fingerprint density at radius 2 is 1.69 bits per heavy atom. The van der Waals surface area contributed by atoms with Gasteiger partial charge in [-0.1, -0.05) is 6.07 Å². The van der Waals surface area contributed by atoms with Crippen LogP contribution in [-0.4, -0.2) is 28.7 Å². The lowest BCUT2D eigenvalue weighted by Gasteiger charge is -2.23. The van der Waals surface area contributed by atoms with E-state index in [1.807, 2.05) is 24.3 Å². The summed E-state index contributed by atoms with van der Waals surface area (Å²) >= 11 is 0. The quantitative estimate of drug-likeness (QED) is 0.781. The van der Waals surface area contributed by atoms with Crippen molar-refractivity contribution in [3.05, 3.63) is 47.5 Å². The number of hydrogen-bond acceptors (Lipinski definition) is 6. The third kappa shape index (κ3) is 2.63. The summed E-state index contributed by atoms with van der Waals surface area (Å²) in [6.45, 7) is 0.469. The van der Waals surface area contributed by atoms with Gasteiger partial charge < -0.3 is 19.0 Å². The van der Waals surface area contributed by atoms with Crippen LogP contribution in [0.1, 0.15) is 17.5 Å². The molecule has 132 valence electrons. The average molecular weight is 350 g/mol. The van der Waals surface area contributed by atoms with Crippen LogP contribution in [0.4, 0.5) is 0 Å². The van der Waals surface area contributed by atoms with Crippen LogP contribution < -0.4 is 9.47 Å². The molecule has 2 aliphatic rings. The van der Waals surface area contributed by atoms with Crippen LogP contribution in [0.3, 0.4) is 0 Å². The van der Waals surface area contributed by atoms with Crippen LogP contribution in [0.5, 0.6) is 11.5 Å². The van der Waals surface area contributed by atoms with Gasteiger partial charge >= 0.3 is 0 Å². The molecule has 0 fully saturated rings. The first kappa shape index (κ1) is 15.4. The number of hydrogen-bond donors (Lipinski definition) is 1. The Bertz CT molecular complexity index is 966. The zero-order chi connectivity index (χ0) is 17.5. The molecule has 0 bridgehead atoms. The van der Waals surface area contributed by atoms with Crippen LogP contribution >= 0.6 is 0 Å². The van der Waals surface area contributed by atoms with E-state index in [2.05, 4.69) is 22.3 Å². The first-order valence-corrected chi connectivity index (χ1v) is 8.77. The van der Waals surface area contributed by atoms with E-state index in [9.17, 15) is 5.11 Å². The van der Waals surface area contributed by atoms with Crippen molar-refractivity contribution in [2.24, 2.45) is 5.92 Å². The fourth-order valence-corrected chi connectivity index (χ4v) is 3.61. The molecule has 26 heavy (non-hydrogen) atoms. The number of nitrogens with zero attached hydrogens (tertiary/aromatic N) is 2. The minimum absolute atomic E-state index is 0.234. The summed E-state index contributed by atoms with van der Waals surface area (Å²) in [5.74, 6) is 2.69. The normalized spacial score (nSPS) is 18.0. The van der Waals surface area contributed by atoms with Crippen LogP contribution in [0.2, 0.25) is 0 Å². The predicted molar refractivity (Wildman–Crippen MR) is 93.9 cm³/mol. The number of benzene rings is 2. The van der Waals surface area contributed by atoms with Gasteiger partial charge in [0.25, 0.3) is 0 Å². The van der Waals surface area contributed by atoms with E-state index in [1.54, 1.807) is 0 Å². The number of ether oxygens (including phenoxy) is 2. The van der Waals surface area contributed by atoms with Gasteiger partial charge in [-0.2, -0.15) is 0 Å². The number of aliphatic hydroxyl groups is 1. The summed E-state index contributed by atoms with van der Waals surface area (Å²) in [5.41, 5.74) is 4.30. The van der Waals surface area contributed by atoms with Gasteiger partial charge in [-0.05, 0) is 66.6 Å². The average Bonchev–Trinajstić information content (AvgIpc) is 3.35. The summed E-state index contributed by atoms with van der Waals surface area (Å²) in [6, 6.07) is 11.8. The summed E-state index contributed by atoms with van der Waals surface area (Å²) in [6.07, 6.45) is 2.94. The number of rotatable bonds is 3. The van der Waals surface area contributed by atoms with E-state index < -0.39 is 0 Å². The third-order valence-corrected chi connectivity index (χ3v) is 5.09. The van der Waals surface area contributed by atoms with E-state index in [0.29, 0.717) is 23.4 Å². The molecule has 1 N–H and O–H groups in total. The fourth-order valence-electron chi connectivity index (χ4n) is 3.61. The molecule has 1 aliphatic carbocycles. The third-order valence-electron chi connectivity index (χ3n) is 5.09. The smallest absolute Gasteiger partial charge is 0.248 e. The molecule has 0 amide bonds. The highest BCUT2D eigenvalue weighted by Crippen LogP contribution is 2.36. The van der Waals surface area contributed by atoms with E-state index in [1.165, 1.54) is 11.1 Å². The second-order valence-corrected chi connectivity index (χ2v) is 6.76. The zero-order valence-corrected chi connectivity index (χ0v) is 14.1. The second-order valence-electron chi connectivity index (χ2n) is 6.76. The van der Waals surface area contributed by atoms with Crippen molar-refractivity contribution < 1.29 is 19.0 Å². The molecule has 1 aliphatic heterocycles. The Morgan fingerprint density at radius 1 is 0.923 bits per heavy atom. The minimum Gasteiger partial charge on any atom is -0.454 e. The Morgan fingerprint density at radius 3 is 2.54 bits per heavy atom. The molecular weight excluding hydrogens is 332 g/mol. The molecule has 6 heteroatoms. The summed E-state index contributed by atoms with van der Waals surface area (Å²) in [4.78, 5) is 0. The molecule has 0 unspecified atom stereocenters. The number of fused-ring (bicyclic) bond motifs is 2. The van der Waals surface area contributed by atoms with E-state index in [0.717, 1.165) is 36.1 Å². The highest BCUT2D eigenvalue weighted by Gasteiger charge is 2.20. The first-order valence-electron chi connectivity index (χ1n) is 8.77. The molecule has 2 aromatic carbocycles. The molecule has 6 nitrogen and oxygen atoms in total.